The fraction of sp³-hybridized carbons (Fsp3) is 0.333. The first kappa shape index (κ1) is 25.2. The van der Waals surface area contributed by atoms with E-state index >= 15 is 0 Å². The Morgan fingerprint density at radius 3 is 1.75 bits per heavy atom. The van der Waals surface area contributed by atoms with Gasteiger partial charge in [-0.2, -0.15) is 26.3 Å². The van der Waals surface area contributed by atoms with Crippen molar-refractivity contribution >= 4 is 15.7 Å². The van der Waals surface area contributed by atoms with Crippen molar-refractivity contribution in [3.8, 4) is 23.0 Å². The van der Waals surface area contributed by atoms with E-state index in [1.54, 1.807) is 0 Å². The highest BCUT2D eigenvalue weighted by molar-refractivity contribution is 7.92. The highest BCUT2D eigenvalue weighted by Gasteiger charge is 2.30. The quantitative estimate of drug-likeness (QED) is 0.527. The molecule has 32 heavy (non-hydrogen) atoms. The van der Waals surface area contributed by atoms with Crippen LogP contribution >= 0.6 is 0 Å². The molecule has 0 spiro atoms. The Hall–Kier alpha value is -3.03. The number of anilines is 1. The molecule has 2 aromatic rings. The van der Waals surface area contributed by atoms with Gasteiger partial charge in [0.1, 0.15) is 27.9 Å². The van der Waals surface area contributed by atoms with E-state index in [1.807, 2.05) is 4.72 Å². The van der Waals surface area contributed by atoms with E-state index in [1.165, 1.54) is 26.4 Å². The molecule has 0 atom stereocenters. The van der Waals surface area contributed by atoms with E-state index in [2.05, 4.69) is 9.47 Å². The SMILES string of the molecule is COc1ccc(OC)c(S(=O)(=O)Nc2cc(OCC(F)(F)F)cc(OCC(F)(F)F)c2)c1. The molecule has 0 bridgehead atoms. The van der Waals surface area contributed by atoms with Crippen LogP contribution in [0.4, 0.5) is 32.0 Å². The molecule has 14 heteroatoms. The summed E-state index contributed by atoms with van der Waals surface area (Å²) in [6, 6.07) is 6.32. The van der Waals surface area contributed by atoms with Crippen LogP contribution in [0, 0.1) is 0 Å². The van der Waals surface area contributed by atoms with Gasteiger partial charge < -0.3 is 18.9 Å². The number of nitrogens with one attached hydrogen (secondary N) is 1. The van der Waals surface area contributed by atoms with Crippen LogP contribution < -0.4 is 23.7 Å². The normalized spacial score (nSPS) is 12.2. The number of halogens is 6. The summed E-state index contributed by atoms with van der Waals surface area (Å²) < 4.78 is 121. The van der Waals surface area contributed by atoms with E-state index < -0.39 is 57.7 Å². The fourth-order valence-electron chi connectivity index (χ4n) is 2.33. The van der Waals surface area contributed by atoms with Crippen LogP contribution in [-0.4, -0.2) is 48.2 Å². The number of hydrogen-bond donors (Lipinski definition) is 1. The lowest BCUT2D eigenvalue weighted by Crippen LogP contribution is -2.20. The number of rotatable bonds is 9. The van der Waals surface area contributed by atoms with Gasteiger partial charge in [-0.1, -0.05) is 0 Å². The van der Waals surface area contributed by atoms with Crippen molar-refractivity contribution in [2.75, 3.05) is 32.2 Å². The van der Waals surface area contributed by atoms with Crippen LogP contribution in [0.25, 0.3) is 0 Å². The van der Waals surface area contributed by atoms with E-state index in [9.17, 15) is 34.8 Å². The topological polar surface area (TPSA) is 83.1 Å². The molecular formula is C18H17F6NO6S. The minimum absolute atomic E-state index is 0.0867. The molecule has 2 aromatic carbocycles. The van der Waals surface area contributed by atoms with Crippen molar-refractivity contribution < 1.29 is 53.7 Å². The lowest BCUT2D eigenvalue weighted by molar-refractivity contribution is -0.153. The fourth-order valence-corrected chi connectivity index (χ4v) is 3.56. The molecular weight excluding hydrogens is 472 g/mol. The second-order valence-corrected chi connectivity index (χ2v) is 7.77. The highest BCUT2D eigenvalue weighted by Crippen LogP contribution is 2.33. The Labute approximate surface area is 178 Å². The summed E-state index contributed by atoms with van der Waals surface area (Å²) in [5.41, 5.74) is -0.410. The Balaban J connectivity index is 2.41. The summed E-state index contributed by atoms with van der Waals surface area (Å²) in [7, 11) is -1.93. The average molecular weight is 489 g/mol. The number of hydrogen-bond acceptors (Lipinski definition) is 6. The summed E-state index contributed by atoms with van der Waals surface area (Å²) in [6.07, 6.45) is -9.48. The number of alkyl halides is 6. The number of ether oxygens (including phenoxy) is 4. The number of benzene rings is 2. The van der Waals surface area contributed by atoms with Crippen LogP contribution in [0.15, 0.2) is 41.3 Å². The summed E-state index contributed by atoms with van der Waals surface area (Å²) in [6.45, 7) is -3.52. The molecule has 0 radical (unpaired) electrons. The van der Waals surface area contributed by atoms with Crippen molar-refractivity contribution in [3.05, 3.63) is 36.4 Å². The maximum absolute atomic E-state index is 12.8. The molecule has 0 amide bonds. The van der Waals surface area contributed by atoms with Gasteiger partial charge in [-0.15, -0.1) is 0 Å². The zero-order valence-electron chi connectivity index (χ0n) is 16.5. The van der Waals surface area contributed by atoms with E-state index in [0.29, 0.717) is 0 Å². The Morgan fingerprint density at radius 1 is 0.781 bits per heavy atom. The van der Waals surface area contributed by atoms with Crippen molar-refractivity contribution in [1.29, 1.82) is 0 Å². The molecule has 0 saturated carbocycles. The van der Waals surface area contributed by atoms with Crippen LogP contribution in [-0.2, 0) is 10.0 Å². The first-order valence-corrected chi connectivity index (χ1v) is 10.00. The van der Waals surface area contributed by atoms with Gasteiger partial charge in [0.2, 0.25) is 0 Å². The maximum atomic E-state index is 12.8. The molecule has 0 aliphatic rings. The Morgan fingerprint density at radius 2 is 1.31 bits per heavy atom. The molecule has 0 unspecified atom stereocenters. The number of methoxy groups -OCH3 is 2. The smallest absolute Gasteiger partial charge is 0.422 e. The van der Waals surface area contributed by atoms with Gasteiger partial charge in [0, 0.05) is 24.3 Å². The van der Waals surface area contributed by atoms with Crippen LogP contribution in [0.2, 0.25) is 0 Å². The lowest BCUT2D eigenvalue weighted by atomic mass is 10.3. The van der Waals surface area contributed by atoms with Gasteiger partial charge in [0.25, 0.3) is 10.0 Å². The van der Waals surface area contributed by atoms with Crippen molar-refractivity contribution in [2.24, 2.45) is 0 Å². The predicted molar refractivity (Wildman–Crippen MR) is 99.9 cm³/mol. The average Bonchev–Trinajstić information content (AvgIpc) is 2.69. The van der Waals surface area contributed by atoms with E-state index in [4.69, 9.17) is 9.47 Å². The summed E-state index contributed by atoms with van der Waals surface area (Å²) in [4.78, 5) is -0.390. The third kappa shape index (κ3) is 7.59. The van der Waals surface area contributed by atoms with E-state index in [-0.39, 0.29) is 11.5 Å². The second-order valence-electron chi connectivity index (χ2n) is 6.12. The largest absolute Gasteiger partial charge is 0.497 e. The van der Waals surface area contributed by atoms with E-state index in [0.717, 1.165) is 24.3 Å². The number of sulfonamides is 1. The van der Waals surface area contributed by atoms with Gasteiger partial charge in [-0.3, -0.25) is 4.72 Å². The first-order valence-electron chi connectivity index (χ1n) is 8.51. The molecule has 0 heterocycles. The molecule has 0 saturated heterocycles. The van der Waals surface area contributed by atoms with Crippen molar-refractivity contribution in [3.63, 3.8) is 0 Å². The van der Waals surface area contributed by atoms with Gasteiger partial charge in [0.15, 0.2) is 13.2 Å². The summed E-state index contributed by atoms with van der Waals surface area (Å²) >= 11 is 0. The Kier molecular flexibility index (Phi) is 7.59. The molecule has 0 aliphatic heterocycles. The first-order chi connectivity index (χ1) is 14.7. The maximum Gasteiger partial charge on any atom is 0.422 e. The second kappa shape index (κ2) is 9.63. The molecule has 2 rings (SSSR count). The summed E-state index contributed by atoms with van der Waals surface area (Å²) in [5.74, 6) is -1.08. The zero-order valence-corrected chi connectivity index (χ0v) is 17.3. The molecule has 0 aliphatic carbocycles. The van der Waals surface area contributed by atoms with Gasteiger partial charge >= 0.3 is 12.4 Å². The predicted octanol–water partition coefficient (Wildman–Crippen LogP) is 4.39. The van der Waals surface area contributed by atoms with Crippen molar-refractivity contribution in [1.82, 2.24) is 0 Å². The molecule has 178 valence electrons. The minimum atomic E-state index is -4.74. The lowest BCUT2D eigenvalue weighted by Gasteiger charge is -2.16. The van der Waals surface area contributed by atoms with Gasteiger partial charge in [-0.05, 0) is 12.1 Å². The Bertz CT molecular complexity index is 1000. The third-order valence-corrected chi connectivity index (χ3v) is 5.00. The van der Waals surface area contributed by atoms with Crippen LogP contribution in [0.3, 0.4) is 0 Å². The third-order valence-electron chi connectivity index (χ3n) is 3.60. The van der Waals surface area contributed by atoms with Gasteiger partial charge in [0.05, 0.1) is 19.9 Å². The highest BCUT2D eigenvalue weighted by atomic mass is 32.2. The van der Waals surface area contributed by atoms with Crippen molar-refractivity contribution in [2.45, 2.75) is 17.2 Å². The minimum Gasteiger partial charge on any atom is -0.497 e. The molecule has 7 nitrogen and oxygen atoms in total. The molecule has 0 fully saturated rings. The standard InChI is InChI=1S/C18H17F6NO6S/c1-28-12-3-4-15(29-2)16(8-12)32(26,27)25-11-5-13(30-9-17(19,20)21)7-14(6-11)31-10-18(22,23)24/h3-8,25H,9-10H2,1-2H3. The summed E-state index contributed by atoms with van der Waals surface area (Å²) in [5, 5.41) is 0. The zero-order chi connectivity index (χ0) is 24.2. The molecule has 0 aromatic heterocycles. The van der Waals surface area contributed by atoms with Gasteiger partial charge in [-0.25, -0.2) is 8.42 Å². The van der Waals surface area contributed by atoms with Crippen LogP contribution in [0.1, 0.15) is 0 Å². The van der Waals surface area contributed by atoms with Crippen LogP contribution in [0.5, 0.6) is 23.0 Å². The monoisotopic (exact) mass is 489 g/mol. The molecule has 1 N–H and O–H groups in total.